The van der Waals surface area contributed by atoms with E-state index < -0.39 is 11.3 Å². The van der Waals surface area contributed by atoms with Crippen molar-refractivity contribution in [3.05, 3.63) is 35.9 Å². The van der Waals surface area contributed by atoms with E-state index in [0.29, 0.717) is 6.61 Å². The van der Waals surface area contributed by atoms with Gasteiger partial charge in [-0.3, -0.25) is 9.80 Å². The van der Waals surface area contributed by atoms with Gasteiger partial charge in [0.2, 0.25) is 0 Å². The topological polar surface area (TPSA) is 42.0 Å². The van der Waals surface area contributed by atoms with Gasteiger partial charge >= 0.3 is 6.09 Å². The van der Waals surface area contributed by atoms with Crippen molar-refractivity contribution in [2.45, 2.75) is 65.5 Å². The predicted molar refractivity (Wildman–Crippen MR) is 99.3 cm³/mol. The summed E-state index contributed by atoms with van der Waals surface area (Å²) in [6.45, 7) is 14.7. The highest BCUT2D eigenvalue weighted by atomic mass is 16.6. The third-order valence-corrected chi connectivity index (χ3v) is 4.33. The van der Waals surface area contributed by atoms with Crippen molar-refractivity contribution in [1.29, 1.82) is 0 Å². The standard InChI is InChI=1S/C20H32N2O3/c1-7-21(13-16-11-9-8-10-12-16)14-17-15-24-20(5,6)22(17)18(23)25-19(2,3)4/h8-12,17H,7,13-15H2,1-6H3/t17-/m0/s1. The lowest BCUT2D eigenvalue weighted by molar-refractivity contribution is -0.0633. The van der Waals surface area contributed by atoms with Gasteiger partial charge in [-0.2, -0.15) is 0 Å². The molecule has 1 atom stereocenters. The summed E-state index contributed by atoms with van der Waals surface area (Å²) < 4.78 is 11.5. The number of carbonyl (C=O) groups is 1. The van der Waals surface area contributed by atoms with E-state index >= 15 is 0 Å². The average Bonchev–Trinajstić information content (AvgIpc) is 2.80. The fraction of sp³-hybridized carbons (Fsp3) is 0.650. The summed E-state index contributed by atoms with van der Waals surface area (Å²) in [4.78, 5) is 16.8. The fourth-order valence-corrected chi connectivity index (χ4v) is 3.14. The van der Waals surface area contributed by atoms with E-state index in [4.69, 9.17) is 9.47 Å². The number of rotatable bonds is 5. The molecule has 1 fully saturated rings. The van der Waals surface area contributed by atoms with E-state index in [1.807, 2.05) is 40.7 Å². The van der Waals surface area contributed by atoms with Crippen molar-refractivity contribution in [3.63, 3.8) is 0 Å². The van der Waals surface area contributed by atoms with E-state index in [0.717, 1.165) is 19.6 Å². The molecule has 0 radical (unpaired) electrons. The summed E-state index contributed by atoms with van der Waals surface area (Å²) in [5, 5.41) is 0. The van der Waals surface area contributed by atoms with Crippen molar-refractivity contribution < 1.29 is 14.3 Å². The number of amides is 1. The van der Waals surface area contributed by atoms with Crippen LogP contribution in [0.25, 0.3) is 0 Å². The minimum Gasteiger partial charge on any atom is -0.444 e. The first-order chi connectivity index (χ1) is 11.6. The Bertz CT molecular complexity index is 566. The summed E-state index contributed by atoms with van der Waals surface area (Å²) in [6.07, 6.45) is -0.309. The maximum Gasteiger partial charge on any atom is 0.412 e. The van der Waals surface area contributed by atoms with Crippen LogP contribution in [0.5, 0.6) is 0 Å². The third-order valence-electron chi connectivity index (χ3n) is 4.33. The number of carbonyl (C=O) groups excluding carboxylic acids is 1. The lowest BCUT2D eigenvalue weighted by Crippen LogP contribution is -2.52. The predicted octanol–water partition coefficient (Wildman–Crippen LogP) is 3.88. The molecule has 1 heterocycles. The highest BCUT2D eigenvalue weighted by molar-refractivity contribution is 5.69. The van der Waals surface area contributed by atoms with Crippen LogP contribution in [0, 0.1) is 0 Å². The van der Waals surface area contributed by atoms with Crippen LogP contribution in [-0.2, 0) is 16.0 Å². The number of nitrogens with zero attached hydrogens (tertiary/aromatic N) is 2. The quantitative estimate of drug-likeness (QED) is 0.810. The molecule has 0 unspecified atom stereocenters. The van der Waals surface area contributed by atoms with Gasteiger partial charge in [0.1, 0.15) is 11.3 Å². The molecule has 140 valence electrons. The molecular weight excluding hydrogens is 316 g/mol. The first-order valence-corrected chi connectivity index (χ1v) is 9.05. The highest BCUT2D eigenvalue weighted by Crippen LogP contribution is 2.30. The molecule has 0 N–H and O–H groups in total. The Labute approximate surface area is 151 Å². The summed E-state index contributed by atoms with van der Waals surface area (Å²) in [5.41, 5.74) is 0.0971. The summed E-state index contributed by atoms with van der Waals surface area (Å²) >= 11 is 0. The summed E-state index contributed by atoms with van der Waals surface area (Å²) in [6, 6.07) is 10.4. The molecular formula is C20H32N2O3. The molecule has 1 aromatic rings. The lowest BCUT2D eigenvalue weighted by Gasteiger charge is -2.36. The minimum absolute atomic E-state index is 0.0199. The Hall–Kier alpha value is -1.59. The Morgan fingerprint density at radius 1 is 1.32 bits per heavy atom. The largest absolute Gasteiger partial charge is 0.444 e. The molecule has 1 aliphatic rings. The molecule has 1 amide bonds. The number of benzene rings is 1. The second kappa shape index (κ2) is 7.75. The van der Waals surface area contributed by atoms with Crippen LogP contribution in [0.1, 0.15) is 47.1 Å². The second-order valence-electron chi connectivity index (χ2n) is 8.08. The molecule has 0 saturated carbocycles. The van der Waals surface area contributed by atoms with Gasteiger partial charge in [-0.05, 0) is 46.7 Å². The average molecular weight is 348 g/mol. The maximum atomic E-state index is 12.7. The zero-order valence-corrected chi connectivity index (χ0v) is 16.4. The van der Waals surface area contributed by atoms with E-state index in [1.165, 1.54) is 5.56 Å². The summed E-state index contributed by atoms with van der Waals surface area (Å²) in [7, 11) is 0. The van der Waals surface area contributed by atoms with Crippen LogP contribution in [-0.4, -0.2) is 53.0 Å². The molecule has 5 heteroatoms. The number of ether oxygens (including phenoxy) is 2. The molecule has 0 bridgehead atoms. The molecule has 25 heavy (non-hydrogen) atoms. The van der Waals surface area contributed by atoms with Gasteiger partial charge in [0.15, 0.2) is 0 Å². The molecule has 0 aliphatic carbocycles. The molecule has 1 aliphatic heterocycles. The number of hydrogen-bond donors (Lipinski definition) is 0. The molecule has 2 rings (SSSR count). The molecule has 0 aromatic heterocycles. The van der Waals surface area contributed by atoms with E-state index in [-0.39, 0.29) is 12.1 Å². The Morgan fingerprint density at radius 3 is 2.52 bits per heavy atom. The van der Waals surface area contributed by atoms with Crippen LogP contribution in [0.3, 0.4) is 0 Å². The van der Waals surface area contributed by atoms with E-state index in [2.05, 4.69) is 36.1 Å². The van der Waals surface area contributed by atoms with Gasteiger partial charge in [-0.15, -0.1) is 0 Å². The zero-order valence-electron chi connectivity index (χ0n) is 16.4. The number of hydrogen-bond acceptors (Lipinski definition) is 4. The van der Waals surface area contributed by atoms with E-state index in [1.54, 1.807) is 4.90 Å². The van der Waals surface area contributed by atoms with Crippen LogP contribution < -0.4 is 0 Å². The lowest BCUT2D eigenvalue weighted by atomic mass is 10.1. The smallest absolute Gasteiger partial charge is 0.412 e. The van der Waals surface area contributed by atoms with Crippen molar-refractivity contribution >= 4 is 6.09 Å². The molecule has 1 saturated heterocycles. The molecule has 0 spiro atoms. The Balaban J connectivity index is 2.08. The fourth-order valence-electron chi connectivity index (χ4n) is 3.14. The molecule has 1 aromatic carbocycles. The second-order valence-corrected chi connectivity index (χ2v) is 8.08. The highest BCUT2D eigenvalue weighted by Gasteiger charge is 2.46. The summed E-state index contributed by atoms with van der Waals surface area (Å²) in [5.74, 6) is 0. The van der Waals surface area contributed by atoms with E-state index in [9.17, 15) is 4.79 Å². The SMILES string of the molecule is CCN(Cc1ccccc1)C[C@H]1COC(C)(C)N1C(=O)OC(C)(C)C. The van der Waals surface area contributed by atoms with Crippen molar-refractivity contribution in [1.82, 2.24) is 9.80 Å². The maximum absolute atomic E-state index is 12.7. The normalized spacial score (nSPS) is 20.1. The first-order valence-electron chi connectivity index (χ1n) is 9.05. The van der Waals surface area contributed by atoms with Gasteiger partial charge in [-0.25, -0.2) is 4.79 Å². The van der Waals surface area contributed by atoms with Crippen LogP contribution >= 0.6 is 0 Å². The first kappa shape index (κ1) is 19.7. The minimum atomic E-state index is -0.654. The monoisotopic (exact) mass is 348 g/mol. The van der Waals surface area contributed by atoms with Crippen LogP contribution in [0.2, 0.25) is 0 Å². The van der Waals surface area contributed by atoms with Gasteiger partial charge < -0.3 is 9.47 Å². The van der Waals surface area contributed by atoms with Gasteiger partial charge in [-0.1, -0.05) is 37.3 Å². The van der Waals surface area contributed by atoms with Gasteiger partial charge in [0.05, 0.1) is 12.6 Å². The van der Waals surface area contributed by atoms with Gasteiger partial charge in [0, 0.05) is 13.1 Å². The van der Waals surface area contributed by atoms with Crippen molar-refractivity contribution in [3.8, 4) is 0 Å². The Kier molecular flexibility index (Phi) is 6.12. The Morgan fingerprint density at radius 2 is 1.96 bits per heavy atom. The van der Waals surface area contributed by atoms with Crippen molar-refractivity contribution in [2.24, 2.45) is 0 Å². The zero-order chi connectivity index (χ0) is 18.7. The number of likely N-dealkylation sites (N-methyl/N-ethyl adjacent to an activating group) is 1. The van der Waals surface area contributed by atoms with Gasteiger partial charge in [0.25, 0.3) is 0 Å². The van der Waals surface area contributed by atoms with Crippen LogP contribution in [0.15, 0.2) is 30.3 Å². The van der Waals surface area contributed by atoms with Crippen LogP contribution in [0.4, 0.5) is 4.79 Å². The van der Waals surface area contributed by atoms with Crippen molar-refractivity contribution in [2.75, 3.05) is 19.7 Å². The molecule has 5 nitrogen and oxygen atoms in total. The third kappa shape index (κ3) is 5.44.